The molecule has 0 aromatic carbocycles. The number of hydrogen-bond acceptors (Lipinski definition) is 5. The van der Waals surface area contributed by atoms with Gasteiger partial charge >= 0.3 is 6.09 Å². The van der Waals surface area contributed by atoms with Crippen LogP contribution in [0.3, 0.4) is 0 Å². The van der Waals surface area contributed by atoms with Crippen molar-refractivity contribution in [1.29, 1.82) is 0 Å². The van der Waals surface area contributed by atoms with Crippen LogP contribution in [0.15, 0.2) is 0 Å². The molecule has 1 saturated heterocycles. The molecule has 0 bridgehead atoms. The SMILES string of the molecule is CC(C)(C)OC(=O)N[C@H]1CO[C@H](CO[Si](C)(C)C(C)(C)C)[C@@H](O)C1. The van der Waals surface area contributed by atoms with E-state index in [2.05, 4.69) is 39.2 Å². The minimum absolute atomic E-state index is 0.118. The van der Waals surface area contributed by atoms with Crippen molar-refractivity contribution in [3.8, 4) is 0 Å². The van der Waals surface area contributed by atoms with Crippen molar-refractivity contribution >= 4 is 14.4 Å². The fourth-order valence-electron chi connectivity index (χ4n) is 2.10. The van der Waals surface area contributed by atoms with Crippen LogP contribution in [0.2, 0.25) is 18.1 Å². The number of ether oxygens (including phenoxy) is 2. The molecule has 0 aromatic rings. The zero-order valence-corrected chi connectivity index (χ0v) is 17.4. The lowest BCUT2D eigenvalue weighted by Crippen LogP contribution is -2.52. The maximum absolute atomic E-state index is 11.8. The van der Waals surface area contributed by atoms with Crippen LogP contribution >= 0.6 is 0 Å². The second kappa shape index (κ2) is 7.72. The van der Waals surface area contributed by atoms with Gasteiger partial charge in [0.05, 0.1) is 25.4 Å². The molecule has 0 spiro atoms. The van der Waals surface area contributed by atoms with Gasteiger partial charge in [-0.2, -0.15) is 0 Å². The summed E-state index contributed by atoms with van der Waals surface area (Å²) >= 11 is 0. The molecule has 1 fully saturated rings. The molecule has 6 nitrogen and oxygen atoms in total. The predicted molar refractivity (Wildman–Crippen MR) is 96.7 cm³/mol. The number of nitrogens with one attached hydrogen (secondary N) is 1. The average Bonchev–Trinajstić information content (AvgIpc) is 2.33. The lowest BCUT2D eigenvalue weighted by Gasteiger charge is -2.39. The highest BCUT2D eigenvalue weighted by atomic mass is 28.4. The number of aliphatic hydroxyl groups is 1. The van der Waals surface area contributed by atoms with Crippen LogP contribution in [0.4, 0.5) is 4.79 Å². The number of amides is 1. The molecule has 1 heterocycles. The van der Waals surface area contributed by atoms with E-state index in [4.69, 9.17) is 13.9 Å². The van der Waals surface area contributed by atoms with E-state index in [1.165, 1.54) is 0 Å². The lowest BCUT2D eigenvalue weighted by molar-refractivity contribution is -0.103. The summed E-state index contributed by atoms with van der Waals surface area (Å²) in [7, 11) is -1.87. The fourth-order valence-corrected chi connectivity index (χ4v) is 3.12. The maximum atomic E-state index is 11.8. The lowest BCUT2D eigenvalue weighted by atomic mass is 10.0. The Morgan fingerprint density at radius 3 is 2.29 bits per heavy atom. The molecule has 142 valence electrons. The molecule has 24 heavy (non-hydrogen) atoms. The first kappa shape index (κ1) is 21.4. The quantitative estimate of drug-likeness (QED) is 0.753. The Balaban J connectivity index is 2.45. The molecule has 1 aliphatic heterocycles. The Kier molecular flexibility index (Phi) is 6.89. The van der Waals surface area contributed by atoms with E-state index in [-0.39, 0.29) is 17.2 Å². The highest BCUT2D eigenvalue weighted by Gasteiger charge is 2.39. The molecule has 0 unspecified atom stereocenters. The molecule has 2 N–H and O–H groups in total. The van der Waals surface area contributed by atoms with Crippen LogP contribution in [0, 0.1) is 0 Å². The molecule has 0 aromatic heterocycles. The molecule has 0 radical (unpaired) electrons. The van der Waals surface area contributed by atoms with Crippen LogP contribution in [-0.4, -0.2) is 56.6 Å². The second-order valence-electron chi connectivity index (χ2n) is 9.09. The fraction of sp³-hybridized carbons (Fsp3) is 0.941. The van der Waals surface area contributed by atoms with Gasteiger partial charge in [-0.3, -0.25) is 0 Å². The topological polar surface area (TPSA) is 77.0 Å². The average molecular weight is 362 g/mol. The first-order valence-corrected chi connectivity index (χ1v) is 11.6. The van der Waals surface area contributed by atoms with Gasteiger partial charge in [-0.05, 0) is 45.3 Å². The number of rotatable bonds is 4. The summed E-state index contributed by atoms with van der Waals surface area (Å²) in [5, 5.41) is 13.2. The standard InChI is InChI=1S/C17H35NO5Si/c1-16(2,3)23-15(20)18-12-9-13(19)14(21-10-12)11-22-24(7,8)17(4,5)6/h12-14,19H,9-11H2,1-8H3,(H,18,20)/t12-,13+,14-/m1/s1. The maximum Gasteiger partial charge on any atom is 0.407 e. The van der Waals surface area contributed by atoms with Crippen molar-refractivity contribution in [3.05, 3.63) is 0 Å². The Morgan fingerprint density at radius 2 is 1.83 bits per heavy atom. The summed E-state index contributed by atoms with van der Waals surface area (Å²) in [5.41, 5.74) is -0.544. The van der Waals surface area contributed by atoms with Crippen LogP contribution in [-0.2, 0) is 13.9 Å². The van der Waals surface area contributed by atoms with Crippen LogP contribution in [0.1, 0.15) is 48.0 Å². The Morgan fingerprint density at radius 1 is 1.25 bits per heavy atom. The summed E-state index contributed by atoms with van der Waals surface area (Å²) in [6, 6.07) is -0.251. The van der Waals surface area contributed by atoms with Crippen molar-refractivity contribution in [1.82, 2.24) is 5.32 Å². The summed E-state index contributed by atoms with van der Waals surface area (Å²) in [5.74, 6) is 0. The number of carbonyl (C=O) groups excluding carboxylic acids is 1. The van der Waals surface area contributed by atoms with Crippen LogP contribution in [0.25, 0.3) is 0 Å². The smallest absolute Gasteiger partial charge is 0.407 e. The normalized spacial score (nSPS) is 26.1. The van der Waals surface area contributed by atoms with Gasteiger partial charge < -0.3 is 24.3 Å². The summed E-state index contributed by atoms with van der Waals surface area (Å²) < 4.78 is 17.1. The van der Waals surface area contributed by atoms with E-state index in [0.717, 1.165) is 0 Å². The van der Waals surface area contributed by atoms with E-state index in [1.54, 1.807) is 0 Å². The third-order valence-electron chi connectivity index (χ3n) is 4.60. The van der Waals surface area contributed by atoms with Crippen molar-refractivity contribution in [3.63, 3.8) is 0 Å². The van der Waals surface area contributed by atoms with Crippen molar-refractivity contribution in [2.24, 2.45) is 0 Å². The number of hydrogen-bond donors (Lipinski definition) is 2. The van der Waals surface area contributed by atoms with Gasteiger partial charge in [0.1, 0.15) is 11.7 Å². The molecule has 3 atom stereocenters. The largest absolute Gasteiger partial charge is 0.444 e. The molecule has 0 saturated carbocycles. The van der Waals surface area contributed by atoms with Gasteiger partial charge in [-0.1, -0.05) is 20.8 Å². The Bertz CT molecular complexity index is 428. The van der Waals surface area contributed by atoms with E-state index in [1.807, 2.05) is 20.8 Å². The molecule has 7 heteroatoms. The molecular formula is C17H35NO5Si. The predicted octanol–water partition coefficient (Wildman–Crippen LogP) is 3.05. The zero-order valence-electron chi connectivity index (χ0n) is 16.4. The monoisotopic (exact) mass is 361 g/mol. The summed E-state index contributed by atoms with van der Waals surface area (Å²) in [6.07, 6.45) is -1.07. The van der Waals surface area contributed by atoms with E-state index in [0.29, 0.717) is 19.6 Å². The van der Waals surface area contributed by atoms with Gasteiger partial charge in [0.2, 0.25) is 0 Å². The molecule has 1 aliphatic rings. The number of carbonyl (C=O) groups is 1. The van der Waals surface area contributed by atoms with Crippen LogP contribution in [0.5, 0.6) is 0 Å². The molecule has 1 amide bonds. The van der Waals surface area contributed by atoms with Crippen molar-refractivity contribution in [2.45, 2.75) is 89.9 Å². The molecule has 1 rings (SSSR count). The molecule has 0 aliphatic carbocycles. The van der Waals surface area contributed by atoms with Crippen LogP contribution < -0.4 is 5.32 Å². The van der Waals surface area contributed by atoms with E-state index >= 15 is 0 Å². The number of alkyl carbamates (subject to hydrolysis) is 1. The second-order valence-corrected chi connectivity index (χ2v) is 13.9. The van der Waals surface area contributed by atoms with Gasteiger partial charge in [0.25, 0.3) is 0 Å². The van der Waals surface area contributed by atoms with Crippen molar-refractivity contribution < 1.29 is 23.8 Å². The van der Waals surface area contributed by atoms with E-state index < -0.39 is 26.1 Å². The number of aliphatic hydroxyl groups excluding tert-OH is 1. The minimum Gasteiger partial charge on any atom is -0.444 e. The summed E-state index contributed by atoms with van der Waals surface area (Å²) in [4.78, 5) is 11.8. The minimum atomic E-state index is -1.87. The highest BCUT2D eigenvalue weighted by molar-refractivity contribution is 6.74. The first-order valence-electron chi connectivity index (χ1n) is 8.64. The first-order chi connectivity index (χ1) is 10.7. The summed E-state index contributed by atoms with van der Waals surface area (Å²) in [6.45, 7) is 17.1. The zero-order chi connectivity index (χ0) is 18.8. The third kappa shape index (κ3) is 6.70. The highest BCUT2D eigenvalue weighted by Crippen LogP contribution is 2.36. The van der Waals surface area contributed by atoms with Gasteiger partial charge in [0.15, 0.2) is 8.32 Å². The Labute approximate surface area is 147 Å². The van der Waals surface area contributed by atoms with Gasteiger partial charge in [0, 0.05) is 0 Å². The third-order valence-corrected chi connectivity index (χ3v) is 9.10. The van der Waals surface area contributed by atoms with Gasteiger partial charge in [-0.15, -0.1) is 0 Å². The Hall–Kier alpha value is -0.633. The van der Waals surface area contributed by atoms with E-state index in [9.17, 15) is 9.90 Å². The van der Waals surface area contributed by atoms with Crippen molar-refractivity contribution in [2.75, 3.05) is 13.2 Å². The molecular weight excluding hydrogens is 326 g/mol. The van der Waals surface area contributed by atoms with Gasteiger partial charge in [-0.25, -0.2) is 4.79 Å².